The molecule has 0 bridgehead atoms. The molecule has 2 atom stereocenters. The molecule has 2 unspecified atom stereocenters. The number of nitrogens with one attached hydrogen (secondary N) is 1. The van der Waals surface area contributed by atoms with E-state index in [4.69, 9.17) is 5.73 Å². The molecule has 1 heterocycles. The molecule has 0 radical (unpaired) electrons. The fraction of sp³-hybridized carbons (Fsp3) is 0.438. The SMILES string of the molecule is NC1CCC(C(=O)NCc2ccccc2Cn2cncn2)C1. The van der Waals surface area contributed by atoms with E-state index >= 15 is 0 Å². The molecule has 6 nitrogen and oxygen atoms in total. The minimum Gasteiger partial charge on any atom is -0.352 e. The van der Waals surface area contributed by atoms with Gasteiger partial charge in [0.25, 0.3) is 0 Å². The largest absolute Gasteiger partial charge is 0.352 e. The van der Waals surface area contributed by atoms with Gasteiger partial charge in [-0.3, -0.25) is 4.79 Å². The average Bonchev–Trinajstić information content (AvgIpc) is 3.18. The summed E-state index contributed by atoms with van der Waals surface area (Å²) in [7, 11) is 0. The summed E-state index contributed by atoms with van der Waals surface area (Å²) in [5, 5.41) is 7.17. The number of carbonyl (C=O) groups excluding carboxylic acids is 1. The summed E-state index contributed by atoms with van der Waals surface area (Å²) >= 11 is 0. The lowest BCUT2D eigenvalue weighted by atomic mass is 10.1. The van der Waals surface area contributed by atoms with Crippen molar-refractivity contribution in [1.82, 2.24) is 20.1 Å². The van der Waals surface area contributed by atoms with Crippen molar-refractivity contribution in [2.24, 2.45) is 11.7 Å². The van der Waals surface area contributed by atoms with E-state index in [-0.39, 0.29) is 17.9 Å². The standard InChI is InChI=1S/C16H21N5O/c17-15-6-5-12(7-15)16(22)19-8-13-3-1-2-4-14(13)9-21-11-18-10-20-21/h1-4,10-12,15H,5-9,17H2,(H,19,22). The first-order valence-corrected chi connectivity index (χ1v) is 7.65. The Balaban J connectivity index is 1.61. The number of nitrogens with two attached hydrogens (primary N) is 1. The molecule has 3 rings (SSSR count). The summed E-state index contributed by atoms with van der Waals surface area (Å²) in [5.74, 6) is 0.181. The zero-order valence-corrected chi connectivity index (χ0v) is 12.5. The maximum absolute atomic E-state index is 12.2. The topological polar surface area (TPSA) is 85.8 Å². The summed E-state index contributed by atoms with van der Waals surface area (Å²) in [6.45, 7) is 1.19. The first kappa shape index (κ1) is 14.7. The van der Waals surface area contributed by atoms with Crippen LogP contribution in [0.1, 0.15) is 30.4 Å². The molecule has 116 valence electrons. The lowest BCUT2D eigenvalue weighted by Gasteiger charge is -2.13. The van der Waals surface area contributed by atoms with E-state index in [0.717, 1.165) is 30.4 Å². The Bertz CT molecular complexity index is 625. The molecule has 1 aliphatic carbocycles. The summed E-state index contributed by atoms with van der Waals surface area (Å²) in [4.78, 5) is 16.2. The van der Waals surface area contributed by atoms with E-state index < -0.39 is 0 Å². The number of rotatable bonds is 5. The van der Waals surface area contributed by atoms with Gasteiger partial charge in [0, 0.05) is 18.5 Å². The van der Waals surface area contributed by atoms with Gasteiger partial charge in [-0.05, 0) is 30.4 Å². The van der Waals surface area contributed by atoms with Crippen molar-refractivity contribution in [3.05, 3.63) is 48.0 Å². The predicted molar refractivity (Wildman–Crippen MR) is 82.7 cm³/mol. The Morgan fingerprint density at radius 1 is 1.32 bits per heavy atom. The van der Waals surface area contributed by atoms with E-state index in [0.29, 0.717) is 13.1 Å². The van der Waals surface area contributed by atoms with Gasteiger partial charge in [-0.25, -0.2) is 9.67 Å². The van der Waals surface area contributed by atoms with Crippen molar-refractivity contribution in [3.63, 3.8) is 0 Å². The highest BCUT2D eigenvalue weighted by Crippen LogP contribution is 2.24. The third-order valence-electron chi connectivity index (χ3n) is 4.21. The molecule has 1 amide bonds. The van der Waals surface area contributed by atoms with Crippen LogP contribution in [0.2, 0.25) is 0 Å². The molecule has 0 saturated heterocycles. The highest BCUT2D eigenvalue weighted by atomic mass is 16.1. The quantitative estimate of drug-likeness (QED) is 0.864. The minimum atomic E-state index is 0.0671. The van der Waals surface area contributed by atoms with Crippen molar-refractivity contribution in [3.8, 4) is 0 Å². The summed E-state index contributed by atoms with van der Waals surface area (Å²) < 4.78 is 1.77. The van der Waals surface area contributed by atoms with Gasteiger partial charge in [0.05, 0.1) is 6.54 Å². The van der Waals surface area contributed by atoms with Crippen LogP contribution >= 0.6 is 0 Å². The Kier molecular flexibility index (Phi) is 4.48. The lowest BCUT2D eigenvalue weighted by molar-refractivity contribution is -0.125. The van der Waals surface area contributed by atoms with Crippen LogP contribution in [0.25, 0.3) is 0 Å². The van der Waals surface area contributed by atoms with Gasteiger partial charge in [-0.1, -0.05) is 24.3 Å². The molecule has 1 aromatic carbocycles. The number of benzene rings is 1. The highest BCUT2D eigenvalue weighted by Gasteiger charge is 2.27. The zero-order valence-electron chi connectivity index (χ0n) is 12.5. The molecule has 3 N–H and O–H groups in total. The van der Waals surface area contributed by atoms with Crippen molar-refractivity contribution in [1.29, 1.82) is 0 Å². The average molecular weight is 299 g/mol. The van der Waals surface area contributed by atoms with Crippen LogP contribution in [0, 0.1) is 5.92 Å². The van der Waals surface area contributed by atoms with E-state index in [1.165, 1.54) is 6.33 Å². The summed E-state index contributed by atoms with van der Waals surface area (Å²) in [6, 6.07) is 8.24. The first-order valence-electron chi connectivity index (χ1n) is 7.65. The van der Waals surface area contributed by atoms with Crippen molar-refractivity contribution in [2.75, 3.05) is 0 Å². The van der Waals surface area contributed by atoms with Gasteiger partial charge in [-0.2, -0.15) is 5.10 Å². The minimum absolute atomic E-state index is 0.0671. The number of hydrogen-bond donors (Lipinski definition) is 2. The molecule has 6 heteroatoms. The molecule has 22 heavy (non-hydrogen) atoms. The Morgan fingerprint density at radius 2 is 2.14 bits per heavy atom. The molecule has 1 saturated carbocycles. The molecular formula is C16H21N5O. The second kappa shape index (κ2) is 6.70. The molecule has 1 aromatic heterocycles. The number of hydrogen-bond acceptors (Lipinski definition) is 4. The van der Waals surface area contributed by atoms with Gasteiger partial charge < -0.3 is 11.1 Å². The van der Waals surface area contributed by atoms with Gasteiger partial charge in [0.2, 0.25) is 5.91 Å². The van der Waals surface area contributed by atoms with Crippen LogP contribution in [0.3, 0.4) is 0 Å². The normalized spacial score (nSPS) is 21.0. The maximum Gasteiger partial charge on any atom is 0.223 e. The third kappa shape index (κ3) is 3.51. The van der Waals surface area contributed by atoms with Crippen LogP contribution in [0.4, 0.5) is 0 Å². The highest BCUT2D eigenvalue weighted by molar-refractivity contribution is 5.79. The Morgan fingerprint density at radius 3 is 2.82 bits per heavy atom. The van der Waals surface area contributed by atoms with Crippen LogP contribution < -0.4 is 11.1 Å². The zero-order chi connectivity index (χ0) is 15.4. The van der Waals surface area contributed by atoms with E-state index in [9.17, 15) is 4.79 Å². The fourth-order valence-electron chi connectivity index (χ4n) is 2.95. The lowest BCUT2D eigenvalue weighted by Crippen LogP contribution is -2.30. The van der Waals surface area contributed by atoms with Crippen LogP contribution in [-0.2, 0) is 17.9 Å². The van der Waals surface area contributed by atoms with Gasteiger partial charge in [0.15, 0.2) is 0 Å². The molecular weight excluding hydrogens is 278 g/mol. The second-order valence-electron chi connectivity index (χ2n) is 5.85. The summed E-state index contributed by atoms with van der Waals surface area (Å²) in [6.07, 6.45) is 5.85. The van der Waals surface area contributed by atoms with E-state index in [1.807, 2.05) is 18.2 Å². The van der Waals surface area contributed by atoms with Crippen LogP contribution in [0.5, 0.6) is 0 Å². The first-order chi connectivity index (χ1) is 10.7. The molecule has 0 aliphatic heterocycles. The van der Waals surface area contributed by atoms with Crippen molar-refractivity contribution in [2.45, 2.75) is 38.4 Å². The second-order valence-corrected chi connectivity index (χ2v) is 5.85. The molecule has 1 aliphatic rings. The van der Waals surface area contributed by atoms with Crippen molar-refractivity contribution < 1.29 is 4.79 Å². The van der Waals surface area contributed by atoms with Crippen molar-refractivity contribution >= 4 is 5.91 Å². The number of nitrogens with zero attached hydrogens (tertiary/aromatic N) is 3. The van der Waals surface area contributed by atoms with E-state index in [1.54, 1.807) is 11.0 Å². The molecule has 1 fully saturated rings. The number of aromatic nitrogens is 3. The molecule has 0 spiro atoms. The van der Waals surface area contributed by atoms with Gasteiger partial charge >= 0.3 is 0 Å². The van der Waals surface area contributed by atoms with Gasteiger partial charge in [0.1, 0.15) is 12.7 Å². The number of carbonyl (C=O) groups is 1. The monoisotopic (exact) mass is 299 g/mol. The Labute approximate surface area is 129 Å². The van der Waals surface area contributed by atoms with Crippen LogP contribution in [0.15, 0.2) is 36.9 Å². The smallest absolute Gasteiger partial charge is 0.223 e. The van der Waals surface area contributed by atoms with Gasteiger partial charge in [-0.15, -0.1) is 0 Å². The predicted octanol–water partition coefficient (Wildman–Crippen LogP) is 1.07. The van der Waals surface area contributed by atoms with E-state index in [2.05, 4.69) is 21.5 Å². The third-order valence-corrected chi connectivity index (χ3v) is 4.21. The maximum atomic E-state index is 12.2. The van der Waals surface area contributed by atoms with Crippen LogP contribution in [-0.4, -0.2) is 26.7 Å². The number of amides is 1. The fourth-order valence-corrected chi connectivity index (χ4v) is 2.95. The molecule has 2 aromatic rings. The summed E-state index contributed by atoms with van der Waals surface area (Å²) in [5.41, 5.74) is 8.12. The Hall–Kier alpha value is -2.21.